The first-order chi connectivity index (χ1) is 11.8. The second-order valence-corrected chi connectivity index (χ2v) is 7.89. The van der Waals surface area contributed by atoms with Gasteiger partial charge >= 0.3 is 0 Å². The van der Waals surface area contributed by atoms with E-state index in [0.717, 1.165) is 0 Å². The van der Waals surface area contributed by atoms with E-state index in [1.165, 1.54) is 60.9 Å². The Hall–Kier alpha value is -1.91. The van der Waals surface area contributed by atoms with E-state index in [1.54, 1.807) is 0 Å². The summed E-state index contributed by atoms with van der Waals surface area (Å²) >= 11 is 0. The van der Waals surface area contributed by atoms with Gasteiger partial charge in [0.2, 0.25) is 0 Å². The highest BCUT2D eigenvalue weighted by atomic mass is 31.0. The van der Waals surface area contributed by atoms with Crippen LogP contribution in [0.25, 0.3) is 22.3 Å². The molecule has 0 saturated carbocycles. The third-order valence-electron chi connectivity index (χ3n) is 5.00. The molecule has 3 aromatic rings. The third-order valence-corrected chi connectivity index (χ3v) is 5.62. The van der Waals surface area contributed by atoms with Crippen LogP contribution in [-0.2, 0) is 0 Å². The fraction of sp³-hybridized carbons (Fsp3) is 0.250. The quantitative estimate of drug-likeness (QED) is 0.473. The molecular weight excluding hydrogens is 319 g/mol. The van der Waals surface area contributed by atoms with Crippen LogP contribution in [-0.4, -0.2) is 0 Å². The van der Waals surface area contributed by atoms with E-state index in [1.807, 2.05) is 0 Å². The van der Waals surface area contributed by atoms with Crippen LogP contribution in [0, 0.1) is 41.5 Å². The summed E-state index contributed by atoms with van der Waals surface area (Å²) in [6.07, 6.45) is 0. The van der Waals surface area contributed by atoms with E-state index < -0.39 is 0 Å². The topological polar surface area (TPSA) is 0 Å². The molecule has 128 valence electrons. The molecule has 0 spiro atoms. The van der Waals surface area contributed by atoms with Gasteiger partial charge in [-0.05, 0) is 91.4 Å². The van der Waals surface area contributed by atoms with Gasteiger partial charge in [-0.25, -0.2) is 0 Å². The second-order valence-electron chi connectivity index (χ2n) is 7.31. The van der Waals surface area contributed by atoms with Crippen molar-refractivity contribution in [2.45, 2.75) is 41.5 Å². The first-order valence-electron chi connectivity index (χ1n) is 8.84. The molecular formula is C24H27P. The normalized spacial score (nSPS) is 11.0. The van der Waals surface area contributed by atoms with Crippen LogP contribution in [0.4, 0.5) is 0 Å². The molecule has 0 aliphatic carbocycles. The van der Waals surface area contributed by atoms with Gasteiger partial charge in [0.25, 0.3) is 0 Å². The molecule has 1 heteroatoms. The average molecular weight is 346 g/mol. The Bertz CT molecular complexity index is 842. The van der Waals surface area contributed by atoms with Crippen molar-refractivity contribution < 1.29 is 0 Å². The number of hydrogen-bond acceptors (Lipinski definition) is 0. The lowest BCUT2D eigenvalue weighted by molar-refractivity contribution is 1.32. The van der Waals surface area contributed by atoms with Crippen molar-refractivity contribution in [1.29, 1.82) is 0 Å². The minimum atomic E-state index is 1.28. The van der Waals surface area contributed by atoms with Crippen molar-refractivity contribution in [3.63, 3.8) is 0 Å². The Morgan fingerprint density at radius 1 is 0.560 bits per heavy atom. The molecule has 25 heavy (non-hydrogen) atoms. The molecule has 0 aliphatic heterocycles. The molecule has 0 radical (unpaired) electrons. The highest BCUT2D eigenvalue weighted by molar-refractivity contribution is 7.28. The van der Waals surface area contributed by atoms with E-state index in [0.29, 0.717) is 0 Å². The molecule has 1 atom stereocenters. The van der Waals surface area contributed by atoms with Gasteiger partial charge in [-0.15, -0.1) is 9.24 Å². The summed E-state index contributed by atoms with van der Waals surface area (Å²) in [5.41, 5.74) is 13.4. The van der Waals surface area contributed by atoms with E-state index >= 15 is 0 Å². The second kappa shape index (κ2) is 6.77. The summed E-state index contributed by atoms with van der Waals surface area (Å²) in [6, 6.07) is 15.8. The van der Waals surface area contributed by atoms with Crippen molar-refractivity contribution in [3.05, 3.63) is 75.8 Å². The first-order valence-corrected chi connectivity index (χ1v) is 9.42. The van der Waals surface area contributed by atoms with Crippen LogP contribution in [0.5, 0.6) is 0 Å². The van der Waals surface area contributed by atoms with Gasteiger partial charge in [-0.1, -0.05) is 53.6 Å². The van der Waals surface area contributed by atoms with Crippen molar-refractivity contribution in [2.75, 3.05) is 0 Å². The Labute approximate surface area is 154 Å². The molecule has 0 saturated heterocycles. The van der Waals surface area contributed by atoms with E-state index in [4.69, 9.17) is 0 Å². The minimum absolute atomic E-state index is 1.28. The van der Waals surface area contributed by atoms with Gasteiger partial charge in [0, 0.05) is 0 Å². The van der Waals surface area contributed by atoms with Gasteiger partial charge in [0.1, 0.15) is 0 Å². The zero-order chi connectivity index (χ0) is 18.3. The molecule has 3 aromatic carbocycles. The SMILES string of the molecule is Cc1cc(C)c(-c2cccc(-c3c(C)cc(C)cc3C)c2P)c(C)c1. The molecule has 0 heterocycles. The van der Waals surface area contributed by atoms with Crippen molar-refractivity contribution in [1.82, 2.24) is 0 Å². The molecule has 0 amide bonds. The zero-order valence-electron chi connectivity index (χ0n) is 16.1. The number of hydrogen-bond donors (Lipinski definition) is 0. The van der Waals surface area contributed by atoms with Crippen LogP contribution >= 0.6 is 9.24 Å². The van der Waals surface area contributed by atoms with Crippen molar-refractivity contribution in [3.8, 4) is 22.3 Å². The average Bonchev–Trinajstić information content (AvgIpc) is 2.48. The maximum atomic E-state index is 3.00. The summed E-state index contributed by atoms with van der Waals surface area (Å²) in [7, 11) is 3.00. The summed E-state index contributed by atoms with van der Waals surface area (Å²) in [6.45, 7) is 13.2. The molecule has 0 N–H and O–H groups in total. The maximum Gasteiger partial charge on any atom is -0.0101 e. The van der Waals surface area contributed by atoms with Crippen molar-refractivity contribution >= 4 is 14.5 Å². The smallest absolute Gasteiger partial charge is 0.0101 e. The molecule has 0 fully saturated rings. The highest BCUT2D eigenvalue weighted by Gasteiger charge is 2.15. The molecule has 0 nitrogen and oxygen atoms in total. The summed E-state index contributed by atoms with van der Waals surface area (Å²) in [5.74, 6) is 0. The van der Waals surface area contributed by atoms with Crippen LogP contribution < -0.4 is 5.30 Å². The Balaban J connectivity index is 2.28. The Morgan fingerprint density at radius 3 is 1.20 bits per heavy atom. The van der Waals surface area contributed by atoms with Gasteiger partial charge < -0.3 is 0 Å². The molecule has 0 aromatic heterocycles. The molecule has 3 rings (SSSR count). The zero-order valence-corrected chi connectivity index (χ0v) is 17.3. The van der Waals surface area contributed by atoms with Crippen LogP contribution in [0.1, 0.15) is 33.4 Å². The van der Waals surface area contributed by atoms with Crippen LogP contribution in [0.2, 0.25) is 0 Å². The largest absolute Gasteiger partial charge is 0.104 e. The lowest BCUT2D eigenvalue weighted by Gasteiger charge is -2.19. The number of benzene rings is 3. The standard InChI is InChI=1S/C24H27P/c1-14-10-16(3)22(17(4)11-14)20-8-7-9-21(24(20)25)23-18(5)12-15(2)13-19(23)6/h7-13H,25H2,1-6H3. The summed E-state index contributed by atoms with van der Waals surface area (Å²) in [4.78, 5) is 0. The minimum Gasteiger partial charge on any atom is -0.104 e. The lowest BCUT2D eigenvalue weighted by Crippen LogP contribution is -2.06. The van der Waals surface area contributed by atoms with Crippen LogP contribution in [0.15, 0.2) is 42.5 Å². The first kappa shape index (κ1) is 17.9. The summed E-state index contributed by atoms with van der Waals surface area (Å²) < 4.78 is 0. The molecule has 0 aliphatic rings. The monoisotopic (exact) mass is 346 g/mol. The third kappa shape index (κ3) is 3.29. The Kier molecular flexibility index (Phi) is 4.85. The molecule has 1 unspecified atom stereocenters. The lowest BCUT2D eigenvalue weighted by atomic mass is 9.89. The van der Waals surface area contributed by atoms with E-state index in [2.05, 4.69) is 93.2 Å². The number of aryl methyl sites for hydroxylation is 6. The van der Waals surface area contributed by atoms with Crippen LogP contribution in [0.3, 0.4) is 0 Å². The van der Waals surface area contributed by atoms with Crippen molar-refractivity contribution in [2.24, 2.45) is 0 Å². The van der Waals surface area contributed by atoms with E-state index in [-0.39, 0.29) is 0 Å². The van der Waals surface area contributed by atoms with Gasteiger partial charge in [-0.3, -0.25) is 0 Å². The predicted molar refractivity (Wildman–Crippen MR) is 115 cm³/mol. The maximum absolute atomic E-state index is 3.00. The van der Waals surface area contributed by atoms with Gasteiger partial charge in [0.15, 0.2) is 0 Å². The van der Waals surface area contributed by atoms with Gasteiger partial charge in [0.05, 0.1) is 0 Å². The van der Waals surface area contributed by atoms with Gasteiger partial charge in [-0.2, -0.15) is 0 Å². The predicted octanol–water partition coefficient (Wildman–Crippen LogP) is 6.37. The fourth-order valence-electron chi connectivity index (χ4n) is 4.21. The summed E-state index contributed by atoms with van der Waals surface area (Å²) in [5, 5.41) is 1.28. The molecule has 0 bridgehead atoms. The number of rotatable bonds is 2. The highest BCUT2D eigenvalue weighted by Crippen LogP contribution is 2.34. The fourth-order valence-corrected chi connectivity index (χ4v) is 4.69. The van der Waals surface area contributed by atoms with E-state index in [9.17, 15) is 0 Å². The Morgan fingerprint density at radius 2 is 0.880 bits per heavy atom.